The van der Waals surface area contributed by atoms with Crippen molar-refractivity contribution in [2.75, 3.05) is 12.0 Å². The molecular formula is C14H11F2NO3. The number of amides is 1. The number of hydrogen-bond donors (Lipinski definition) is 0. The van der Waals surface area contributed by atoms with E-state index >= 15 is 0 Å². The number of ether oxygens (including phenoxy) is 1. The Morgan fingerprint density at radius 2 is 1.95 bits per heavy atom. The van der Waals surface area contributed by atoms with Crippen LogP contribution in [0.5, 0.6) is 5.75 Å². The van der Waals surface area contributed by atoms with Gasteiger partial charge in [0, 0.05) is 5.69 Å². The molecule has 6 heteroatoms. The lowest BCUT2D eigenvalue weighted by molar-refractivity contribution is -0.164. The van der Waals surface area contributed by atoms with Gasteiger partial charge in [-0.05, 0) is 36.4 Å². The first-order valence-electron chi connectivity index (χ1n) is 5.94. The van der Waals surface area contributed by atoms with E-state index in [2.05, 4.69) is 0 Å². The van der Waals surface area contributed by atoms with E-state index in [0.717, 1.165) is 4.90 Å². The molecule has 4 nitrogen and oxygen atoms in total. The molecule has 20 heavy (non-hydrogen) atoms. The summed E-state index contributed by atoms with van der Waals surface area (Å²) in [6, 6.07) is 7.88. The smallest absolute Gasteiger partial charge is 0.352 e. The Bertz CT molecular complexity index is 622. The molecule has 3 rings (SSSR count). The lowest BCUT2D eigenvalue weighted by atomic mass is 9.93. The van der Waals surface area contributed by atoms with Crippen LogP contribution in [0, 0.1) is 0 Å². The van der Waals surface area contributed by atoms with Gasteiger partial charge in [-0.25, -0.2) is 0 Å². The predicted molar refractivity (Wildman–Crippen MR) is 66.9 cm³/mol. The maximum absolute atomic E-state index is 13.8. The minimum atomic E-state index is -3.45. The first-order valence-corrected chi connectivity index (χ1v) is 5.94. The highest BCUT2D eigenvalue weighted by Crippen LogP contribution is 2.49. The Morgan fingerprint density at radius 3 is 2.50 bits per heavy atom. The van der Waals surface area contributed by atoms with Gasteiger partial charge >= 0.3 is 11.8 Å². The number of carbonyl (C=O) groups excluding carboxylic acids is 1. The summed E-state index contributed by atoms with van der Waals surface area (Å²) in [6.07, 6.45) is 1.31. The van der Waals surface area contributed by atoms with E-state index in [1.54, 1.807) is 24.3 Å². The number of alkyl halides is 2. The average molecular weight is 279 g/mol. The molecule has 2 aromatic rings. The van der Waals surface area contributed by atoms with E-state index in [-0.39, 0.29) is 5.76 Å². The lowest BCUT2D eigenvalue weighted by Crippen LogP contribution is -2.64. The van der Waals surface area contributed by atoms with E-state index in [1.807, 2.05) is 0 Å². The molecular weight excluding hydrogens is 268 g/mol. The van der Waals surface area contributed by atoms with Gasteiger partial charge in [-0.15, -0.1) is 0 Å². The SMILES string of the molecule is COc1ccc(N2C(=O)C(F)(F)[C@@H]2c2ccco2)cc1. The molecule has 0 aliphatic carbocycles. The third-order valence-electron chi connectivity index (χ3n) is 3.27. The zero-order chi connectivity index (χ0) is 14.3. The first-order chi connectivity index (χ1) is 9.55. The van der Waals surface area contributed by atoms with Crippen molar-refractivity contribution in [3.8, 4) is 5.75 Å². The highest BCUT2D eigenvalue weighted by Gasteiger charge is 2.66. The van der Waals surface area contributed by atoms with Crippen LogP contribution >= 0.6 is 0 Å². The summed E-state index contributed by atoms with van der Waals surface area (Å²) in [5.74, 6) is -4.03. The molecule has 0 spiro atoms. The van der Waals surface area contributed by atoms with Crippen LogP contribution in [0.3, 0.4) is 0 Å². The minimum absolute atomic E-state index is 0.0606. The summed E-state index contributed by atoms with van der Waals surface area (Å²) >= 11 is 0. The van der Waals surface area contributed by atoms with Crippen LogP contribution in [-0.4, -0.2) is 18.9 Å². The minimum Gasteiger partial charge on any atom is -0.497 e. The van der Waals surface area contributed by atoms with Gasteiger partial charge in [0.25, 0.3) is 0 Å². The maximum atomic E-state index is 13.8. The van der Waals surface area contributed by atoms with Crippen LogP contribution in [0.4, 0.5) is 14.5 Å². The highest BCUT2D eigenvalue weighted by molar-refractivity contribution is 6.07. The summed E-state index contributed by atoms with van der Waals surface area (Å²) in [7, 11) is 1.50. The predicted octanol–water partition coefficient (Wildman–Crippen LogP) is 3.01. The molecule has 1 aromatic heterocycles. The molecule has 1 atom stereocenters. The lowest BCUT2D eigenvalue weighted by Gasteiger charge is -2.45. The Labute approximate surface area is 113 Å². The molecule has 1 amide bonds. The zero-order valence-corrected chi connectivity index (χ0v) is 10.5. The van der Waals surface area contributed by atoms with E-state index in [9.17, 15) is 13.6 Å². The quantitative estimate of drug-likeness (QED) is 0.811. The van der Waals surface area contributed by atoms with Crippen molar-refractivity contribution < 1.29 is 22.7 Å². The number of furan rings is 1. The fourth-order valence-corrected chi connectivity index (χ4v) is 2.25. The molecule has 1 aromatic carbocycles. The molecule has 1 aliphatic rings. The number of methoxy groups -OCH3 is 1. The second-order valence-electron chi connectivity index (χ2n) is 4.41. The van der Waals surface area contributed by atoms with Gasteiger partial charge in [0.1, 0.15) is 11.5 Å². The number of rotatable bonds is 3. The monoisotopic (exact) mass is 279 g/mol. The van der Waals surface area contributed by atoms with Crippen LogP contribution in [0.1, 0.15) is 11.8 Å². The van der Waals surface area contributed by atoms with Crippen molar-refractivity contribution in [1.82, 2.24) is 0 Å². The fraction of sp³-hybridized carbons (Fsp3) is 0.214. The van der Waals surface area contributed by atoms with Crippen LogP contribution in [0.25, 0.3) is 0 Å². The summed E-state index contributed by atoms with van der Waals surface area (Å²) in [6.45, 7) is 0. The molecule has 1 saturated heterocycles. The van der Waals surface area contributed by atoms with Gasteiger partial charge in [0.15, 0.2) is 6.04 Å². The van der Waals surface area contributed by atoms with Gasteiger partial charge in [-0.3, -0.25) is 9.69 Å². The Morgan fingerprint density at radius 1 is 1.25 bits per heavy atom. The van der Waals surface area contributed by atoms with Crippen LogP contribution in [0.15, 0.2) is 47.1 Å². The van der Waals surface area contributed by atoms with Gasteiger partial charge in [-0.1, -0.05) is 0 Å². The van der Waals surface area contributed by atoms with Crippen molar-refractivity contribution in [3.05, 3.63) is 48.4 Å². The number of anilines is 1. The molecule has 0 radical (unpaired) electrons. The summed E-state index contributed by atoms with van der Waals surface area (Å²) in [4.78, 5) is 12.7. The molecule has 0 bridgehead atoms. The third-order valence-corrected chi connectivity index (χ3v) is 3.27. The standard InChI is InChI=1S/C14H11F2NO3/c1-19-10-6-4-9(5-7-10)17-12(11-3-2-8-20-11)14(15,16)13(17)18/h2-8,12H,1H3/t12-/m0/s1. The number of halogens is 2. The van der Waals surface area contributed by atoms with Gasteiger partial charge < -0.3 is 9.15 Å². The van der Waals surface area contributed by atoms with Crippen LogP contribution in [-0.2, 0) is 4.79 Å². The molecule has 0 saturated carbocycles. The number of nitrogens with zero attached hydrogens (tertiary/aromatic N) is 1. The maximum Gasteiger partial charge on any atom is 0.352 e. The number of β-lactam (4-membered cyclic amide) rings is 1. The fourth-order valence-electron chi connectivity index (χ4n) is 2.25. The largest absolute Gasteiger partial charge is 0.497 e. The molecule has 104 valence electrons. The Hall–Kier alpha value is -2.37. The molecule has 2 heterocycles. The van der Waals surface area contributed by atoms with Gasteiger partial charge in [0.05, 0.1) is 13.4 Å². The molecule has 1 fully saturated rings. The summed E-state index contributed by atoms with van der Waals surface area (Å²) in [5.41, 5.74) is 0.378. The van der Waals surface area contributed by atoms with E-state index < -0.39 is 17.9 Å². The van der Waals surface area contributed by atoms with Crippen LogP contribution in [0.2, 0.25) is 0 Å². The highest BCUT2D eigenvalue weighted by atomic mass is 19.3. The third kappa shape index (κ3) is 1.68. The second-order valence-corrected chi connectivity index (χ2v) is 4.41. The van der Waals surface area contributed by atoms with Crippen molar-refractivity contribution in [2.24, 2.45) is 0 Å². The summed E-state index contributed by atoms with van der Waals surface area (Å²) < 4.78 is 37.5. The molecule has 1 aliphatic heterocycles. The van der Waals surface area contributed by atoms with Gasteiger partial charge in [-0.2, -0.15) is 8.78 Å². The Kier molecular flexibility index (Phi) is 2.74. The van der Waals surface area contributed by atoms with E-state index in [4.69, 9.17) is 9.15 Å². The first kappa shape index (κ1) is 12.7. The molecule has 0 unspecified atom stereocenters. The van der Waals surface area contributed by atoms with Crippen molar-refractivity contribution >= 4 is 11.6 Å². The van der Waals surface area contributed by atoms with E-state index in [1.165, 1.54) is 25.5 Å². The van der Waals surface area contributed by atoms with Crippen molar-refractivity contribution in [2.45, 2.75) is 12.0 Å². The van der Waals surface area contributed by atoms with Gasteiger partial charge in [0.2, 0.25) is 0 Å². The molecule has 0 N–H and O–H groups in total. The zero-order valence-electron chi connectivity index (χ0n) is 10.5. The van der Waals surface area contributed by atoms with Crippen LogP contribution < -0.4 is 9.64 Å². The van der Waals surface area contributed by atoms with Crippen molar-refractivity contribution in [3.63, 3.8) is 0 Å². The van der Waals surface area contributed by atoms with Crippen molar-refractivity contribution in [1.29, 1.82) is 0 Å². The normalized spacial score (nSPS) is 20.6. The topological polar surface area (TPSA) is 42.7 Å². The number of hydrogen-bond acceptors (Lipinski definition) is 3. The summed E-state index contributed by atoms with van der Waals surface area (Å²) in [5, 5.41) is 0. The Balaban J connectivity index is 1.97. The second kappa shape index (κ2) is 4.33. The average Bonchev–Trinajstić information content (AvgIpc) is 2.97. The van der Waals surface area contributed by atoms with E-state index in [0.29, 0.717) is 11.4 Å². The number of benzene rings is 1. The number of carbonyl (C=O) groups is 1.